The summed E-state index contributed by atoms with van der Waals surface area (Å²) in [7, 11) is 1.42. The molecule has 0 radical (unpaired) electrons. The maximum Gasteiger partial charge on any atom is 0.305 e. The average Bonchev–Trinajstić information content (AvgIpc) is 2.81. The molecular formula is C8H14O3. The molecule has 0 N–H and O–H groups in total. The molecule has 2 atom stereocenters. The maximum absolute atomic E-state index is 10.7. The van der Waals surface area contributed by atoms with E-state index in [4.69, 9.17) is 4.74 Å². The number of carbonyl (C=O) groups is 1. The second-order valence-corrected chi connectivity index (χ2v) is 2.96. The van der Waals surface area contributed by atoms with Gasteiger partial charge >= 0.3 is 5.97 Å². The van der Waals surface area contributed by atoms with Gasteiger partial charge in [0.1, 0.15) is 0 Å². The predicted molar refractivity (Wildman–Crippen MR) is 40.2 cm³/mol. The first-order valence-corrected chi connectivity index (χ1v) is 3.92. The Morgan fingerprint density at radius 3 is 2.91 bits per heavy atom. The highest BCUT2D eigenvalue weighted by Crippen LogP contribution is 2.23. The minimum atomic E-state index is -0.127. The monoisotopic (exact) mass is 158 g/mol. The second-order valence-electron chi connectivity index (χ2n) is 2.96. The third-order valence-corrected chi connectivity index (χ3v) is 2.03. The largest absolute Gasteiger partial charge is 0.469 e. The molecule has 1 aliphatic rings. The van der Waals surface area contributed by atoms with Crippen LogP contribution in [0.2, 0.25) is 0 Å². The van der Waals surface area contributed by atoms with Crippen LogP contribution < -0.4 is 0 Å². The van der Waals surface area contributed by atoms with Gasteiger partial charge in [0.15, 0.2) is 0 Å². The minimum Gasteiger partial charge on any atom is -0.469 e. The summed E-state index contributed by atoms with van der Waals surface area (Å²) in [6, 6.07) is 0. The molecule has 3 heteroatoms. The fraction of sp³-hybridized carbons (Fsp3) is 0.875. The lowest BCUT2D eigenvalue weighted by Crippen LogP contribution is -2.08. The summed E-state index contributed by atoms with van der Waals surface area (Å²) in [5, 5.41) is 0. The first-order valence-electron chi connectivity index (χ1n) is 3.92. The summed E-state index contributed by atoms with van der Waals surface area (Å²) >= 11 is 0. The highest BCUT2D eigenvalue weighted by Gasteiger charge is 2.29. The van der Waals surface area contributed by atoms with E-state index in [2.05, 4.69) is 11.7 Å². The molecule has 3 nitrogen and oxygen atoms in total. The first kappa shape index (κ1) is 8.53. The van der Waals surface area contributed by atoms with Crippen molar-refractivity contribution in [1.82, 2.24) is 0 Å². The number of esters is 1. The van der Waals surface area contributed by atoms with Crippen molar-refractivity contribution in [3.05, 3.63) is 0 Å². The van der Waals surface area contributed by atoms with E-state index in [1.165, 1.54) is 7.11 Å². The number of hydrogen-bond acceptors (Lipinski definition) is 3. The maximum atomic E-state index is 10.7. The average molecular weight is 158 g/mol. The Balaban J connectivity index is 2.05. The normalized spacial score (nSPS) is 24.4. The third kappa shape index (κ3) is 2.89. The summed E-state index contributed by atoms with van der Waals surface area (Å²) in [5.41, 5.74) is 0. The van der Waals surface area contributed by atoms with Crippen molar-refractivity contribution in [2.75, 3.05) is 13.7 Å². The lowest BCUT2D eigenvalue weighted by atomic mass is 10.0. The van der Waals surface area contributed by atoms with Gasteiger partial charge in [0.05, 0.1) is 19.8 Å². The molecule has 1 fully saturated rings. The van der Waals surface area contributed by atoms with E-state index in [0.717, 1.165) is 13.0 Å². The standard InChI is InChI=1S/C8H14O3/c1-6(7-5-11-7)3-4-8(9)10-2/h6-7H,3-5H2,1-2H3/t6-,7?/m0/s1. The fourth-order valence-electron chi connectivity index (χ4n) is 1.02. The summed E-state index contributed by atoms with van der Waals surface area (Å²) in [5.74, 6) is 0.367. The highest BCUT2D eigenvalue weighted by molar-refractivity contribution is 5.69. The predicted octanol–water partition coefficient (Wildman–Crippen LogP) is 0.974. The van der Waals surface area contributed by atoms with Crippen LogP contribution in [0.25, 0.3) is 0 Å². The molecule has 0 saturated carbocycles. The SMILES string of the molecule is COC(=O)CC[C@H](C)C1CO1. The quantitative estimate of drug-likeness (QED) is 0.452. The van der Waals surface area contributed by atoms with Gasteiger partial charge in [0.25, 0.3) is 0 Å². The Morgan fingerprint density at radius 1 is 1.82 bits per heavy atom. The van der Waals surface area contributed by atoms with E-state index in [1.54, 1.807) is 0 Å². The minimum absolute atomic E-state index is 0.127. The Hall–Kier alpha value is -0.570. The molecule has 0 aromatic carbocycles. The molecule has 1 heterocycles. The smallest absolute Gasteiger partial charge is 0.305 e. The van der Waals surface area contributed by atoms with Crippen LogP contribution in [0.5, 0.6) is 0 Å². The molecule has 0 aromatic rings. The Labute approximate surface area is 66.7 Å². The van der Waals surface area contributed by atoms with E-state index < -0.39 is 0 Å². The van der Waals surface area contributed by atoms with E-state index in [-0.39, 0.29) is 5.97 Å². The summed E-state index contributed by atoms with van der Waals surface area (Å²) < 4.78 is 9.61. The molecule has 1 saturated heterocycles. The molecule has 0 aromatic heterocycles. The zero-order chi connectivity index (χ0) is 8.27. The number of ether oxygens (including phenoxy) is 2. The second kappa shape index (κ2) is 3.72. The van der Waals surface area contributed by atoms with Crippen LogP contribution in [-0.4, -0.2) is 25.8 Å². The molecule has 0 amide bonds. The zero-order valence-corrected chi connectivity index (χ0v) is 7.00. The topological polar surface area (TPSA) is 38.8 Å². The van der Waals surface area contributed by atoms with Gasteiger partial charge in [-0.2, -0.15) is 0 Å². The Bertz CT molecular complexity index is 140. The highest BCUT2D eigenvalue weighted by atomic mass is 16.6. The van der Waals surface area contributed by atoms with Crippen molar-refractivity contribution < 1.29 is 14.3 Å². The van der Waals surface area contributed by atoms with Crippen molar-refractivity contribution >= 4 is 5.97 Å². The molecular weight excluding hydrogens is 144 g/mol. The van der Waals surface area contributed by atoms with Gasteiger partial charge in [0.2, 0.25) is 0 Å². The number of rotatable bonds is 4. The molecule has 1 rings (SSSR count). The molecule has 0 bridgehead atoms. The van der Waals surface area contributed by atoms with Crippen LogP contribution in [0, 0.1) is 5.92 Å². The van der Waals surface area contributed by atoms with E-state index in [1.807, 2.05) is 0 Å². The van der Waals surface area contributed by atoms with Crippen molar-refractivity contribution in [3.63, 3.8) is 0 Å². The summed E-state index contributed by atoms with van der Waals surface area (Å²) in [6.07, 6.45) is 1.79. The lowest BCUT2D eigenvalue weighted by Gasteiger charge is -2.05. The van der Waals surface area contributed by atoms with E-state index in [9.17, 15) is 4.79 Å². The van der Waals surface area contributed by atoms with Gasteiger partial charge in [-0.15, -0.1) is 0 Å². The fourth-order valence-corrected chi connectivity index (χ4v) is 1.02. The number of methoxy groups -OCH3 is 1. The number of carbonyl (C=O) groups excluding carboxylic acids is 1. The zero-order valence-electron chi connectivity index (χ0n) is 7.00. The third-order valence-electron chi connectivity index (χ3n) is 2.03. The lowest BCUT2D eigenvalue weighted by molar-refractivity contribution is -0.140. The van der Waals surface area contributed by atoms with Crippen LogP contribution in [0.15, 0.2) is 0 Å². The van der Waals surface area contributed by atoms with Crippen LogP contribution in [-0.2, 0) is 14.3 Å². The Kier molecular flexibility index (Phi) is 2.88. The molecule has 64 valence electrons. The molecule has 1 aliphatic heterocycles. The molecule has 1 unspecified atom stereocenters. The number of epoxide rings is 1. The van der Waals surface area contributed by atoms with Gasteiger partial charge < -0.3 is 9.47 Å². The number of hydrogen-bond donors (Lipinski definition) is 0. The van der Waals surface area contributed by atoms with Crippen LogP contribution in [0.3, 0.4) is 0 Å². The van der Waals surface area contributed by atoms with Gasteiger partial charge in [-0.25, -0.2) is 0 Å². The molecule has 0 spiro atoms. The van der Waals surface area contributed by atoms with Gasteiger partial charge in [-0.1, -0.05) is 6.92 Å². The summed E-state index contributed by atoms with van der Waals surface area (Å²) in [4.78, 5) is 10.7. The van der Waals surface area contributed by atoms with Crippen molar-refractivity contribution in [2.45, 2.75) is 25.9 Å². The summed E-state index contributed by atoms with van der Waals surface area (Å²) in [6.45, 7) is 2.96. The first-order chi connectivity index (χ1) is 5.24. The van der Waals surface area contributed by atoms with Gasteiger partial charge in [-0.3, -0.25) is 4.79 Å². The van der Waals surface area contributed by atoms with Crippen molar-refractivity contribution in [3.8, 4) is 0 Å². The van der Waals surface area contributed by atoms with Crippen molar-refractivity contribution in [1.29, 1.82) is 0 Å². The molecule has 11 heavy (non-hydrogen) atoms. The van der Waals surface area contributed by atoms with E-state index >= 15 is 0 Å². The van der Waals surface area contributed by atoms with Crippen LogP contribution in [0.1, 0.15) is 19.8 Å². The van der Waals surface area contributed by atoms with Crippen molar-refractivity contribution in [2.24, 2.45) is 5.92 Å². The van der Waals surface area contributed by atoms with Crippen LogP contribution >= 0.6 is 0 Å². The van der Waals surface area contributed by atoms with Crippen LogP contribution in [0.4, 0.5) is 0 Å². The molecule has 0 aliphatic carbocycles. The van der Waals surface area contributed by atoms with Gasteiger partial charge in [0, 0.05) is 6.42 Å². The van der Waals surface area contributed by atoms with E-state index in [0.29, 0.717) is 18.4 Å². The van der Waals surface area contributed by atoms with Gasteiger partial charge in [-0.05, 0) is 12.3 Å². The Morgan fingerprint density at radius 2 is 2.45 bits per heavy atom.